The van der Waals surface area contributed by atoms with E-state index >= 15 is 0 Å². The van der Waals surface area contributed by atoms with E-state index in [0.29, 0.717) is 16.3 Å². The van der Waals surface area contributed by atoms with Crippen LogP contribution in [0.25, 0.3) is 0 Å². The first-order chi connectivity index (χ1) is 19.9. The molecule has 9 nitrogen and oxygen atoms in total. The minimum absolute atomic E-state index is 0.0196. The fourth-order valence-electron chi connectivity index (χ4n) is 4.36. The minimum Gasteiger partial charge on any atom is -0.497 e. The Kier molecular flexibility index (Phi) is 11.5. The number of hydrogen-bond donors (Lipinski definition) is 1. The molecule has 0 aliphatic carbocycles. The van der Waals surface area contributed by atoms with Crippen LogP contribution in [0, 0.1) is 0 Å². The summed E-state index contributed by atoms with van der Waals surface area (Å²) in [5.74, 6) is -0.404. The van der Waals surface area contributed by atoms with Crippen molar-refractivity contribution < 1.29 is 27.5 Å². The predicted octanol–water partition coefficient (Wildman–Crippen LogP) is 5.54. The predicted molar refractivity (Wildman–Crippen MR) is 165 cm³/mol. The first-order valence-corrected chi connectivity index (χ1v) is 15.5. The average molecular weight is 637 g/mol. The van der Waals surface area contributed by atoms with Gasteiger partial charge >= 0.3 is 0 Å². The van der Waals surface area contributed by atoms with E-state index in [-0.39, 0.29) is 46.3 Å². The second-order valence-electron chi connectivity index (χ2n) is 9.72. The molecule has 0 heterocycles. The number of carbonyl (C=O) groups is 2. The Labute approximate surface area is 257 Å². The molecule has 3 aromatic rings. The van der Waals surface area contributed by atoms with Gasteiger partial charge in [0, 0.05) is 18.7 Å². The van der Waals surface area contributed by atoms with Crippen molar-refractivity contribution in [3.8, 4) is 11.5 Å². The lowest BCUT2D eigenvalue weighted by atomic mass is 10.1. The van der Waals surface area contributed by atoms with Crippen molar-refractivity contribution in [1.82, 2.24) is 10.2 Å². The lowest BCUT2D eigenvalue weighted by molar-refractivity contribution is -0.140. The summed E-state index contributed by atoms with van der Waals surface area (Å²) in [6, 6.07) is 16.3. The number of ether oxygens (including phenoxy) is 2. The summed E-state index contributed by atoms with van der Waals surface area (Å²) in [5, 5.41) is 3.49. The third kappa shape index (κ3) is 7.87. The topological polar surface area (TPSA) is 105 Å². The normalized spacial score (nSPS) is 12.0. The fourth-order valence-corrected chi connectivity index (χ4v) is 6.12. The van der Waals surface area contributed by atoms with Crippen LogP contribution < -0.4 is 19.1 Å². The quantitative estimate of drug-likeness (QED) is 0.264. The Balaban J connectivity index is 2.15. The summed E-state index contributed by atoms with van der Waals surface area (Å²) < 4.78 is 39.9. The second kappa shape index (κ2) is 14.6. The van der Waals surface area contributed by atoms with Gasteiger partial charge < -0.3 is 19.7 Å². The van der Waals surface area contributed by atoms with Gasteiger partial charge in [0.15, 0.2) is 0 Å². The molecule has 0 unspecified atom stereocenters. The largest absolute Gasteiger partial charge is 0.497 e. The van der Waals surface area contributed by atoms with Crippen LogP contribution in [-0.2, 0) is 26.2 Å². The SMILES string of the molecule is CC[C@H](C(=O)NC(C)C)N(Cc1ccc(Cl)c(Cl)c1)C(=O)CN(c1cc(OC)ccc1OC)S(=O)(=O)c1ccccc1. The zero-order chi connectivity index (χ0) is 31.0. The van der Waals surface area contributed by atoms with Crippen LogP contribution in [0.15, 0.2) is 71.6 Å². The molecule has 0 saturated carbocycles. The maximum absolute atomic E-state index is 14.2. The molecule has 12 heteroatoms. The van der Waals surface area contributed by atoms with Gasteiger partial charge in [-0.15, -0.1) is 0 Å². The first-order valence-electron chi connectivity index (χ1n) is 13.3. The summed E-state index contributed by atoms with van der Waals surface area (Å²) in [7, 11) is -1.43. The summed E-state index contributed by atoms with van der Waals surface area (Å²) in [5.41, 5.74) is 0.716. The summed E-state index contributed by atoms with van der Waals surface area (Å²) in [6.07, 6.45) is 0.277. The van der Waals surface area contributed by atoms with E-state index in [1.807, 2.05) is 13.8 Å². The molecule has 226 valence electrons. The number of halogens is 2. The molecule has 0 aromatic heterocycles. The van der Waals surface area contributed by atoms with Crippen molar-refractivity contribution in [2.75, 3.05) is 25.1 Å². The number of sulfonamides is 1. The maximum atomic E-state index is 14.2. The zero-order valence-corrected chi connectivity index (χ0v) is 26.5. The van der Waals surface area contributed by atoms with Crippen molar-refractivity contribution in [3.63, 3.8) is 0 Å². The van der Waals surface area contributed by atoms with E-state index in [1.165, 1.54) is 37.3 Å². The lowest BCUT2D eigenvalue weighted by Gasteiger charge is -2.34. The summed E-state index contributed by atoms with van der Waals surface area (Å²) in [6.45, 7) is 4.77. The molecule has 1 N–H and O–H groups in total. The zero-order valence-electron chi connectivity index (χ0n) is 24.1. The van der Waals surface area contributed by atoms with Gasteiger partial charge in [-0.3, -0.25) is 13.9 Å². The second-order valence-corrected chi connectivity index (χ2v) is 12.4. The maximum Gasteiger partial charge on any atom is 0.264 e. The number of anilines is 1. The van der Waals surface area contributed by atoms with Gasteiger partial charge in [0.1, 0.15) is 24.1 Å². The number of amides is 2. The van der Waals surface area contributed by atoms with E-state index in [2.05, 4.69) is 5.32 Å². The van der Waals surface area contributed by atoms with Crippen LogP contribution in [0.1, 0.15) is 32.8 Å². The highest BCUT2D eigenvalue weighted by atomic mass is 35.5. The highest BCUT2D eigenvalue weighted by Crippen LogP contribution is 2.36. The number of methoxy groups -OCH3 is 2. The molecule has 0 saturated heterocycles. The number of rotatable bonds is 13. The molecule has 3 rings (SSSR count). The molecule has 0 bridgehead atoms. The molecule has 0 aliphatic heterocycles. The first kappa shape index (κ1) is 33.0. The number of nitrogens with zero attached hydrogens (tertiary/aromatic N) is 2. The van der Waals surface area contributed by atoms with Crippen molar-refractivity contribution in [2.45, 2.75) is 50.7 Å². The van der Waals surface area contributed by atoms with Crippen LogP contribution in [-0.4, -0.2) is 58.0 Å². The third-order valence-corrected chi connectivity index (χ3v) is 8.93. The van der Waals surface area contributed by atoms with Crippen LogP contribution in [0.2, 0.25) is 10.0 Å². The fraction of sp³-hybridized carbons (Fsp3) is 0.333. The Morgan fingerprint density at radius 2 is 1.62 bits per heavy atom. The molecule has 42 heavy (non-hydrogen) atoms. The lowest BCUT2D eigenvalue weighted by Crippen LogP contribution is -2.53. The van der Waals surface area contributed by atoms with Gasteiger partial charge in [-0.05, 0) is 62.2 Å². The molecule has 1 atom stereocenters. The highest BCUT2D eigenvalue weighted by molar-refractivity contribution is 7.92. The standard InChI is InChI=1S/C30H35Cl2N3O6S/c1-6-26(30(37)33-20(2)3)34(18-21-12-14-24(31)25(32)16-21)29(36)19-35(42(38,39)23-10-8-7-9-11-23)27-17-22(40-4)13-15-28(27)41-5/h7-17,20,26H,6,18-19H2,1-5H3,(H,33,37)/t26-/m1/s1. The Hall–Kier alpha value is -3.47. The molecular weight excluding hydrogens is 601 g/mol. The van der Waals surface area contributed by atoms with Crippen LogP contribution in [0.5, 0.6) is 11.5 Å². The van der Waals surface area contributed by atoms with E-state index in [9.17, 15) is 18.0 Å². The van der Waals surface area contributed by atoms with E-state index in [1.54, 1.807) is 55.5 Å². The van der Waals surface area contributed by atoms with Gasteiger partial charge in [0.25, 0.3) is 10.0 Å². The van der Waals surface area contributed by atoms with E-state index < -0.39 is 28.5 Å². The van der Waals surface area contributed by atoms with Gasteiger partial charge in [-0.1, -0.05) is 54.4 Å². The van der Waals surface area contributed by atoms with Crippen LogP contribution in [0.4, 0.5) is 5.69 Å². The van der Waals surface area contributed by atoms with Crippen molar-refractivity contribution >= 4 is 50.7 Å². The molecular formula is C30H35Cl2N3O6S. The molecule has 3 aromatic carbocycles. The minimum atomic E-state index is -4.29. The summed E-state index contributed by atoms with van der Waals surface area (Å²) in [4.78, 5) is 28.8. The van der Waals surface area contributed by atoms with Gasteiger partial charge in [-0.2, -0.15) is 0 Å². The molecule has 0 aliphatic rings. The highest BCUT2D eigenvalue weighted by Gasteiger charge is 2.35. The van der Waals surface area contributed by atoms with Crippen LogP contribution in [0.3, 0.4) is 0 Å². The number of hydrogen-bond acceptors (Lipinski definition) is 6. The summed E-state index contributed by atoms with van der Waals surface area (Å²) >= 11 is 12.4. The monoisotopic (exact) mass is 635 g/mol. The Morgan fingerprint density at radius 3 is 2.19 bits per heavy atom. The third-order valence-electron chi connectivity index (χ3n) is 6.42. The van der Waals surface area contributed by atoms with Gasteiger partial charge in [0.05, 0.1) is 34.8 Å². The average Bonchev–Trinajstić information content (AvgIpc) is 2.97. The van der Waals surface area contributed by atoms with Gasteiger partial charge in [-0.25, -0.2) is 8.42 Å². The van der Waals surface area contributed by atoms with Crippen molar-refractivity contribution in [3.05, 3.63) is 82.3 Å². The molecule has 0 radical (unpaired) electrons. The Bertz CT molecular complexity index is 1500. The van der Waals surface area contributed by atoms with E-state index in [4.69, 9.17) is 32.7 Å². The smallest absolute Gasteiger partial charge is 0.264 e. The number of carbonyl (C=O) groups excluding carboxylic acids is 2. The number of benzene rings is 3. The Morgan fingerprint density at radius 1 is 0.929 bits per heavy atom. The van der Waals surface area contributed by atoms with Crippen molar-refractivity contribution in [2.24, 2.45) is 0 Å². The van der Waals surface area contributed by atoms with Crippen molar-refractivity contribution in [1.29, 1.82) is 0 Å². The van der Waals surface area contributed by atoms with E-state index in [0.717, 1.165) is 4.31 Å². The molecule has 0 spiro atoms. The molecule has 2 amide bonds. The van der Waals surface area contributed by atoms with Gasteiger partial charge in [0.2, 0.25) is 11.8 Å². The number of nitrogens with one attached hydrogen (secondary N) is 1. The molecule has 0 fully saturated rings. The van der Waals surface area contributed by atoms with Crippen LogP contribution >= 0.6 is 23.2 Å².